The molecule has 1 aliphatic heterocycles. The summed E-state index contributed by atoms with van der Waals surface area (Å²) in [6.07, 6.45) is -0.0465. The fourth-order valence-electron chi connectivity index (χ4n) is 2.51. The van der Waals surface area contributed by atoms with E-state index in [4.69, 9.17) is 25.8 Å². The third kappa shape index (κ3) is 5.39. The van der Waals surface area contributed by atoms with Gasteiger partial charge in [0, 0.05) is 18.1 Å². The Kier molecular flexibility index (Phi) is 6.45. The van der Waals surface area contributed by atoms with Gasteiger partial charge in [0.2, 0.25) is 0 Å². The summed E-state index contributed by atoms with van der Waals surface area (Å²) in [5.41, 5.74) is 0.855. The summed E-state index contributed by atoms with van der Waals surface area (Å²) in [5, 5.41) is 0.629. The number of benzene rings is 1. The van der Waals surface area contributed by atoms with Gasteiger partial charge in [-0.3, -0.25) is 4.79 Å². The van der Waals surface area contributed by atoms with Gasteiger partial charge in [0.1, 0.15) is 5.75 Å². The number of esters is 1. The molecule has 0 N–H and O–H groups in total. The summed E-state index contributed by atoms with van der Waals surface area (Å²) in [4.78, 5) is 25.5. The lowest BCUT2D eigenvalue weighted by atomic mass is 10.2. The molecular formula is C17H22ClNO5. The van der Waals surface area contributed by atoms with E-state index in [0.29, 0.717) is 23.9 Å². The zero-order valence-corrected chi connectivity index (χ0v) is 14.8. The maximum atomic E-state index is 12.1. The molecule has 2 rings (SSSR count). The monoisotopic (exact) mass is 355 g/mol. The number of ether oxygens (including phenoxy) is 3. The molecule has 0 bridgehead atoms. The number of hydrogen-bond acceptors (Lipinski definition) is 5. The van der Waals surface area contributed by atoms with Crippen molar-refractivity contribution in [3.8, 4) is 5.75 Å². The summed E-state index contributed by atoms with van der Waals surface area (Å²) in [7, 11) is 0. The van der Waals surface area contributed by atoms with E-state index < -0.39 is 5.97 Å². The average Bonchev–Trinajstić information content (AvgIpc) is 2.52. The van der Waals surface area contributed by atoms with E-state index in [1.54, 1.807) is 23.1 Å². The van der Waals surface area contributed by atoms with Crippen LogP contribution in [0.15, 0.2) is 18.2 Å². The van der Waals surface area contributed by atoms with Crippen molar-refractivity contribution in [2.45, 2.75) is 33.0 Å². The Morgan fingerprint density at radius 2 is 1.92 bits per heavy atom. The number of halogens is 1. The van der Waals surface area contributed by atoms with Gasteiger partial charge in [0.25, 0.3) is 5.91 Å². The van der Waals surface area contributed by atoms with Crippen LogP contribution in [-0.4, -0.2) is 55.3 Å². The zero-order valence-electron chi connectivity index (χ0n) is 14.1. The van der Waals surface area contributed by atoms with Gasteiger partial charge in [-0.05, 0) is 44.5 Å². The number of nitrogens with zero attached hydrogens (tertiary/aromatic N) is 1. The Hall–Kier alpha value is -1.79. The van der Waals surface area contributed by atoms with E-state index in [0.717, 1.165) is 5.56 Å². The SMILES string of the molecule is Cc1cc(OCC(=O)OCC(=O)N2C[C@H](C)O[C@@H](C)C2)ccc1Cl. The maximum Gasteiger partial charge on any atom is 0.344 e. The van der Waals surface area contributed by atoms with E-state index in [-0.39, 0.29) is 31.3 Å². The Bertz CT molecular complexity index is 597. The molecule has 7 heteroatoms. The third-order valence-electron chi connectivity index (χ3n) is 3.62. The Morgan fingerprint density at radius 3 is 2.54 bits per heavy atom. The maximum absolute atomic E-state index is 12.1. The largest absolute Gasteiger partial charge is 0.482 e. The van der Waals surface area contributed by atoms with Gasteiger partial charge < -0.3 is 19.1 Å². The molecule has 2 atom stereocenters. The molecule has 0 aromatic heterocycles. The fraction of sp³-hybridized carbons (Fsp3) is 0.529. The highest BCUT2D eigenvalue weighted by molar-refractivity contribution is 6.31. The van der Waals surface area contributed by atoms with E-state index >= 15 is 0 Å². The lowest BCUT2D eigenvalue weighted by Crippen LogP contribution is -2.49. The fourth-order valence-corrected chi connectivity index (χ4v) is 2.62. The van der Waals surface area contributed by atoms with Crippen LogP contribution in [-0.2, 0) is 19.1 Å². The quantitative estimate of drug-likeness (QED) is 0.758. The molecule has 1 amide bonds. The number of hydrogen-bond donors (Lipinski definition) is 0. The van der Waals surface area contributed by atoms with E-state index in [1.165, 1.54) is 0 Å². The first-order valence-corrected chi connectivity index (χ1v) is 8.20. The first-order valence-electron chi connectivity index (χ1n) is 7.83. The number of carbonyl (C=O) groups is 2. The van der Waals surface area contributed by atoms with Gasteiger partial charge in [0.05, 0.1) is 12.2 Å². The number of carbonyl (C=O) groups excluding carboxylic acids is 2. The van der Waals surface area contributed by atoms with Crippen LogP contribution in [0.1, 0.15) is 19.4 Å². The van der Waals surface area contributed by atoms with Crippen molar-refractivity contribution in [2.24, 2.45) is 0 Å². The van der Waals surface area contributed by atoms with Crippen LogP contribution in [0.5, 0.6) is 5.75 Å². The van der Waals surface area contributed by atoms with Crippen LogP contribution in [0.4, 0.5) is 0 Å². The van der Waals surface area contributed by atoms with Crippen molar-refractivity contribution < 1.29 is 23.8 Å². The minimum atomic E-state index is -0.592. The van der Waals surface area contributed by atoms with Crippen molar-refractivity contribution in [3.63, 3.8) is 0 Å². The summed E-state index contributed by atoms with van der Waals surface area (Å²) < 4.78 is 15.9. The average molecular weight is 356 g/mol. The van der Waals surface area contributed by atoms with Crippen molar-refractivity contribution in [1.82, 2.24) is 4.90 Å². The second-order valence-electron chi connectivity index (χ2n) is 5.92. The summed E-state index contributed by atoms with van der Waals surface area (Å²) >= 11 is 5.92. The molecule has 132 valence electrons. The molecule has 1 saturated heterocycles. The van der Waals surface area contributed by atoms with E-state index in [2.05, 4.69) is 0 Å². The molecule has 0 aliphatic carbocycles. The van der Waals surface area contributed by atoms with Crippen molar-refractivity contribution in [1.29, 1.82) is 0 Å². The number of rotatable bonds is 5. The molecule has 24 heavy (non-hydrogen) atoms. The van der Waals surface area contributed by atoms with Crippen LogP contribution in [0, 0.1) is 6.92 Å². The molecule has 0 spiro atoms. The normalized spacial score (nSPS) is 20.6. The van der Waals surface area contributed by atoms with E-state index in [1.807, 2.05) is 20.8 Å². The summed E-state index contributed by atoms with van der Waals surface area (Å²) in [6.45, 7) is 6.11. The molecular weight excluding hydrogens is 334 g/mol. The molecule has 1 heterocycles. The molecule has 0 radical (unpaired) electrons. The van der Waals surface area contributed by atoms with Crippen LogP contribution >= 0.6 is 11.6 Å². The standard InChI is InChI=1S/C17H22ClNO5/c1-11-6-14(4-5-15(11)18)22-10-17(21)23-9-16(20)19-7-12(2)24-13(3)8-19/h4-6,12-13H,7-10H2,1-3H3/t12-,13-/m0/s1. The Labute approximate surface area is 146 Å². The van der Waals surface area contributed by atoms with Crippen LogP contribution in [0.3, 0.4) is 0 Å². The lowest BCUT2D eigenvalue weighted by molar-refractivity contribution is -0.158. The molecule has 6 nitrogen and oxygen atoms in total. The number of aryl methyl sites for hydroxylation is 1. The highest BCUT2D eigenvalue weighted by Crippen LogP contribution is 2.21. The predicted molar refractivity (Wildman–Crippen MR) is 89.2 cm³/mol. The predicted octanol–water partition coefficient (Wildman–Crippen LogP) is 2.21. The Morgan fingerprint density at radius 1 is 1.25 bits per heavy atom. The van der Waals surface area contributed by atoms with Crippen LogP contribution in [0.25, 0.3) is 0 Å². The number of morpholine rings is 1. The zero-order chi connectivity index (χ0) is 17.7. The van der Waals surface area contributed by atoms with Gasteiger partial charge in [-0.15, -0.1) is 0 Å². The third-order valence-corrected chi connectivity index (χ3v) is 4.04. The van der Waals surface area contributed by atoms with Gasteiger partial charge in [-0.1, -0.05) is 11.6 Å². The highest BCUT2D eigenvalue weighted by atomic mass is 35.5. The second-order valence-corrected chi connectivity index (χ2v) is 6.32. The highest BCUT2D eigenvalue weighted by Gasteiger charge is 2.26. The summed E-state index contributed by atoms with van der Waals surface area (Å²) in [5.74, 6) is -0.297. The van der Waals surface area contributed by atoms with Crippen LogP contribution in [0.2, 0.25) is 5.02 Å². The molecule has 0 saturated carbocycles. The van der Waals surface area contributed by atoms with Crippen molar-refractivity contribution >= 4 is 23.5 Å². The molecule has 1 aromatic rings. The topological polar surface area (TPSA) is 65.1 Å². The van der Waals surface area contributed by atoms with Gasteiger partial charge >= 0.3 is 5.97 Å². The smallest absolute Gasteiger partial charge is 0.344 e. The lowest BCUT2D eigenvalue weighted by Gasteiger charge is -2.35. The van der Waals surface area contributed by atoms with Crippen molar-refractivity contribution in [2.75, 3.05) is 26.3 Å². The minimum absolute atomic E-state index is 0.0233. The number of amides is 1. The molecule has 1 aliphatic rings. The van der Waals surface area contributed by atoms with Crippen molar-refractivity contribution in [3.05, 3.63) is 28.8 Å². The second kappa shape index (κ2) is 8.35. The molecule has 1 fully saturated rings. The van der Waals surface area contributed by atoms with Gasteiger partial charge in [0.15, 0.2) is 13.2 Å². The molecule has 1 aromatic carbocycles. The van der Waals surface area contributed by atoms with Gasteiger partial charge in [-0.25, -0.2) is 4.79 Å². The minimum Gasteiger partial charge on any atom is -0.482 e. The molecule has 0 unspecified atom stereocenters. The Balaban J connectivity index is 1.74. The van der Waals surface area contributed by atoms with Crippen LogP contribution < -0.4 is 4.74 Å². The summed E-state index contributed by atoms with van der Waals surface area (Å²) in [6, 6.07) is 5.10. The first kappa shape index (κ1) is 18.5. The first-order chi connectivity index (χ1) is 11.3. The van der Waals surface area contributed by atoms with Gasteiger partial charge in [-0.2, -0.15) is 0 Å². The van der Waals surface area contributed by atoms with E-state index in [9.17, 15) is 9.59 Å².